The second kappa shape index (κ2) is 11.0. The maximum atomic E-state index is 13.4. The van der Waals surface area contributed by atoms with Crippen molar-refractivity contribution in [3.8, 4) is 5.75 Å². The second-order valence-electron chi connectivity index (χ2n) is 8.39. The summed E-state index contributed by atoms with van der Waals surface area (Å²) in [5.74, 6) is -1.55. The number of unbranched alkanes of at least 4 members (excludes halogenated alkanes) is 2. The Labute approximate surface area is 203 Å². The lowest BCUT2D eigenvalue weighted by Crippen LogP contribution is -2.29. The third-order valence-electron chi connectivity index (χ3n) is 5.92. The molecule has 0 spiro atoms. The van der Waals surface area contributed by atoms with Crippen molar-refractivity contribution in [3.63, 3.8) is 0 Å². The molecule has 1 aromatic heterocycles. The van der Waals surface area contributed by atoms with Crippen LogP contribution < -0.4 is 4.74 Å². The van der Waals surface area contributed by atoms with Gasteiger partial charge in [-0.3, -0.25) is 14.6 Å². The summed E-state index contributed by atoms with van der Waals surface area (Å²) < 4.78 is 19.1. The number of ether oxygens (including phenoxy) is 1. The Bertz CT molecular complexity index is 1210. The van der Waals surface area contributed by atoms with E-state index in [1.54, 1.807) is 60.8 Å². The van der Waals surface area contributed by atoms with Crippen LogP contribution >= 0.6 is 0 Å². The van der Waals surface area contributed by atoms with Crippen LogP contribution in [-0.2, 0) is 16.1 Å². The van der Waals surface area contributed by atoms with Crippen LogP contribution in [0.4, 0.5) is 4.39 Å². The van der Waals surface area contributed by atoms with Gasteiger partial charge in [-0.2, -0.15) is 0 Å². The summed E-state index contributed by atoms with van der Waals surface area (Å²) in [6, 6.07) is 16.8. The van der Waals surface area contributed by atoms with Gasteiger partial charge in [-0.1, -0.05) is 38.0 Å². The average Bonchev–Trinajstić information content (AvgIpc) is 3.13. The molecule has 1 fully saturated rings. The highest BCUT2D eigenvalue weighted by Crippen LogP contribution is 2.39. The molecule has 1 aliphatic heterocycles. The molecule has 180 valence electrons. The first-order valence-corrected chi connectivity index (χ1v) is 11.7. The zero-order chi connectivity index (χ0) is 24.8. The quantitative estimate of drug-likeness (QED) is 0.194. The topological polar surface area (TPSA) is 79.7 Å². The molecule has 2 heterocycles. The zero-order valence-electron chi connectivity index (χ0n) is 19.5. The van der Waals surface area contributed by atoms with E-state index in [1.165, 1.54) is 17.0 Å². The smallest absolute Gasteiger partial charge is 0.296 e. The van der Waals surface area contributed by atoms with Crippen LogP contribution in [0.1, 0.15) is 49.0 Å². The number of pyridine rings is 1. The first-order chi connectivity index (χ1) is 17.0. The molecule has 7 heteroatoms. The fourth-order valence-electron chi connectivity index (χ4n) is 4.08. The van der Waals surface area contributed by atoms with E-state index in [9.17, 15) is 19.1 Å². The van der Waals surface area contributed by atoms with E-state index < -0.39 is 23.5 Å². The van der Waals surface area contributed by atoms with Crippen LogP contribution in [0.25, 0.3) is 5.76 Å². The number of carbonyl (C=O) groups is 2. The van der Waals surface area contributed by atoms with Gasteiger partial charge < -0.3 is 14.7 Å². The molecule has 6 nitrogen and oxygen atoms in total. The number of rotatable bonds is 9. The third kappa shape index (κ3) is 5.40. The highest BCUT2D eigenvalue weighted by Gasteiger charge is 2.46. The van der Waals surface area contributed by atoms with Gasteiger partial charge in [0.15, 0.2) is 0 Å². The van der Waals surface area contributed by atoms with Gasteiger partial charge in [-0.15, -0.1) is 0 Å². The number of halogens is 1. The number of hydrogen-bond acceptors (Lipinski definition) is 5. The van der Waals surface area contributed by atoms with Gasteiger partial charge in [-0.05, 0) is 60.5 Å². The Morgan fingerprint density at radius 2 is 1.77 bits per heavy atom. The predicted octanol–water partition coefficient (Wildman–Crippen LogP) is 5.41. The van der Waals surface area contributed by atoms with Gasteiger partial charge >= 0.3 is 0 Å². The maximum absolute atomic E-state index is 13.4. The minimum Gasteiger partial charge on any atom is -0.507 e. The largest absolute Gasteiger partial charge is 0.507 e. The van der Waals surface area contributed by atoms with E-state index >= 15 is 0 Å². The van der Waals surface area contributed by atoms with Crippen molar-refractivity contribution < 1.29 is 23.8 Å². The molecule has 1 aliphatic rings. The Morgan fingerprint density at radius 1 is 1.03 bits per heavy atom. The van der Waals surface area contributed by atoms with Gasteiger partial charge in [0.05, 0.1) is 17.9 Å². The van der Waals surface area contributed by atoms with E-state index in [0.717, 1.165) is 19.3 Å². The van der Waals surface area contributed by atoms with E-state index in [1.807, 2.05) is 0 Å². The molecule has 1 amide bonds. The minimum atomic E-state index is -0.883. The molecule has 3 aromatic rings. The Hall–Kier alpha value is -4.00. The summed E-state index contributed by atoms with van der Waals surface area (Å²) in [7, 11) is 0. The van der Waals surface area contributed by atoms with E-state index in [-0.39, 0.29) is 17.9 Å². The molecule has 1 unspecified atom stereocenters. The average molecular weight is 475 g/mol. The zero-order valence-corrected chi connectivity index (χ0v) is 19.5. The minimum absolute atomic E-state index is 0.0348. The van der Waals surface area contributed by atoms with Crippen molar-refractivity contribution in [2.24, 2.45) is 0 Å². The first kappa shape index (κ1) is 24.1. The number of carbonyl (C=O) groups excluding carboxylic acids is 2. The van der Waals surface area contributed by atoms with Gasteiger partial charge in [-0.25, -0.2) is 4.39 Å². The van der Waals surface area contributed by atoms with Gasteiger partial charge in [0.25, 0.3) is 11.7 Å². The monoisotopic (exact) mass is 474 g/mol. The lowest BCUT2D eigenvalue weighted by molar-refractivity contribution is -0.140. The lowest BCUT2D eigenvalue weighted by atomic mass is 9.98. The number of nitrogens with zero attached hydrogens (tertiary/aromatic N) is 2. The van der Waals surface area contributed by atoms with Crippen molar-refractivity contribution in [2.75, 3.05) is 6.61 Å². The molecule has 0 aliphatic carbocycles. The summed E-state index contributed by atoms with van der Waals surface area (Å²) in [6.45, 7) is 2.79. The highest BCUT2D eigenvalue weighted by molar-refractivity contribution is 6.46. The van der Waals surface area contributed by atoms with Crippen molar-refractivity contribution in [1.82, 2.24) is 9.88 Å². The van der Waals surface area contributed by atoms with Crippen molar-refractivity contribution in [1.29, 1.82) is 0 Å². The summed E-state index contributed by atoms with van der Waals surface area (Å²) in [5.41, 5.74) is 1.46. The van der Waals surface area contributed by atoms with Crippen LogP contribution in [0.3, 0.4) is 0 Å². The van der Waals surface area contributed by atoms with Gasteiger partial charge in [0, 0.05) is 18.3 Å². The Morgan fingerprint density at radius 3 is 2.43 bits per heavy atom. The van der Waals surface area contributed by atoms with Crippen LogP contribution in [0.5, 0.6) is 5.75 Å². The summed E-state index contributed by atoms with van der Waals surface area (Å²) >= 11 is 0. The fourth-order valence-corrected chi connectivity index (χ4v) is 4.08. The number of ketones is 1. The maximum Gasteiger partial charge on any atom is 0.296 e. The Kier molecular flexibility index (Phi) is 7.55. The molecule has 1 atom stereocenters. The lowest BCUT2D eigenvalue weighted by Gasteiger charge is -2.24. The molecule has 0 saturated carbocycles. The van der Waals surface area contributed by atoms with Crippen molar-refractivity contribution in [3.05, 3.63) is 101 Å². The molecule has 1 N–H and O–H groups in total. The summed E-state index contributed by atoms with van der Waals surface area (Å²) in [5, 5.41) is 11.2. The summed E-state index contributed by atoms with van der Waals surface area (Å²) in [6.07, 6.45) is 4.72. The molecule has 4 rings (SSSR count). The van der Waals surface area contributed by atoms with E-state index in [4.69, 9.17) is 4.74 Å². The molecule has 0 bridgehead atoms. The number of aliphatic hydroxyl groups is 1. The van der Waals surface area contributed by atoms with Crippen molar-refractivity contribution in [2.45, 2.75) is 38.8 Å². The molecule has 0 radical (unpaired) electrons. The number of hydrogen-bond donors (Lipinski definition) is 1. The van der Waals surface area contributed by atoms with Crippen LogP contribution in [-0.4, -0.2) is 33.3 Å². The number of likely N-dealkylation sites (tertiary alicyclic amines) is 1. The van der Waals surface area contributed by atoms with Crippen LogP contribution in [0, 0.1) is 5.82 Å². The highest BCUT2D eigenvalue weighted by atomic mass is 19.1. The van der Waals surface area contributed by atoms with E-state index in [0.29, 0.717) is 29.2 Å². The normalized spacial score (nSPS) is 17.1. The van der Waals surface area contributed by atoms with Gasteiger partial charge in [0.2, 0.25) is 0 Å². The number of amides is 1. The summed E-state index contributed by atoms with van der Waals surface area (Å²) in [4.78, 5) is 31.9. The molecular formula is C28H27FN2O4. The number of aromatic nitrogens is 1. The first-order valence-electron chi connectivity index (χ1n) is 11.7. The SMILES string of the molecule is CCCCCOc1ccc(/C(O)=C2/C(=O)C(=O)N(Cc3ccc(F)cc3)C2c2ccccn2)cc1. The molecular weight excluding hydrogens is 447 g/mol. The fraction of sp³-hybridized carbons (Fsp3) is 0.250. The number of aliphatic hydroxyl groups excluding tert-OH is 1. The second-order valence-corrected chi connectivity index (χ2v) is 8.39. The van der Waals surface area contributed by atoms with Crippen molar-refractivity contribution >= 4 is 17.4 Å². The Balaban J connectivity index is 1.68. The molecule has 1 saturated heterocycles. The van der Waals surface area contributed by atoms with Crippen LogP contribution in [0.2, 0.25) is 0 Å². The van der Waals surface area contributed by atoms with Gasteiger partial charge in [0.1, 0.15) is 23.4 Å². The molecule has 2 aromatic carbocycles. The number of benzene rings is 2. The van der Waals surface area contributed by atoms with Crippen LogP contribution in [0.15, 0.2) is 78.5 Å². The standard InChI is InChI=1S/C28H27FN2O4/c1-2-3-6-17-35-22-14-10-20(11-15-22)26(32)24-25(23-7-4-5-16-30-23)31(28(34)27(24)33)18-19-8-12-21(29)13-9-19/h4-5,7-16,25,32H,2-3,6,17-18H2,1H3/b26-24-. The van der Waals surface area contributed by atoms with E-state index in [2.05, 4.69) is 11.9 Å². The molecule has 35 heavy (non-hydrogen) atoms. The number of Topliss-reactive ketones (excluding diaryl/α,β-unsaturated/α-hetero) is 1. The third-order valence-corrected chi connectivity index (χ3v) is 5.92. The predicted molar refractivity (Wildman–Crippen MR) is 130 cm³/mol.